The van der Waals surface area contributed by atoms with Gasteiger partial charge in [0.05, 0.1) is 6.10 Å². The first-order chi connectivity index (χ1) is 9.86. The van der Waals surface area contributed by atoms with E-state index in [0.717, 1.165) is 19.3 Å². The van der Waals surface area contributed by atoms with Crippen LogP contribution in [-0.2, 0) is 9.53 Å². The summed E-state index contributed by atoms with van der Waals surface area (Å²) in [5.41, 5.74) is 5.51. The Balaban J connectivity index is 2.48. The molecule has 2 unspecified atom stereocenters. The highest BCUT2D eigenvalue weighted by atomic mass is 16.5. The maximum Gasteiger partial charge on any atom is 0.249 e. The van der Waals surface area contributed by atoms with E-state index < -0.39 is 6.10 Å². The summed E-state index contributed by atoms with van der Waals surface area (Å²) in [4.78, 5) is 12.4. The molecule has 0 spiro atoms. The fraction of sp³-hybridized carbons (Fsp3) is 0.941. The Morgan fingerprint density at radius 1 is 1.24 bits per heavy atom. The van der Waals surface area contributed by atoms with Gasteiger partial charge in [0.25, 0.3) is 0 Å². The molecule has 1 rings (SSSR count). The molecule has 1 saturated carbocycles. The van der Waals surface area contributed by atoms with Crippen LogP contribution in [0.4, 0.5) is 0 Å². The predicted molar refractivity (Wildman–Crippen MR) is 87.1 cm³/mol. The molecule has 0 radical (unpaired) electrons. The van der Waals surface area contributed by atoms with E-state index in [-0.39, 0.29) is 17.6 Å². The van der Waals surface area contributed by atoms with E-state index in [2.05, 4.69) is 19.2 Å². The Bertz CT molecular complexity index is 312. The number of nitrogens with two attached hydrogens (primary N) is 1. The molecule has 0 aromatic carbocycles. The van der Waals surface area contributed by atoms with Gasteiger partial charge in [0, 0.05) is 12.1 Å². The standard InChI is InChI=1S/C17H34N2O2/c1-13(2)11-17(4,12-18)19-16(20)14(3)21-15-9-7-5-6-8-10-15/h13-15H,5-12,18H2,1-4H3,(H,19,20). The smallest absolute Gasteiger partial charge is 0.249 e. The highest BCUT2D eigenvalue weighted by Crippen LogP contribution is 2.21. The quantitative estimate of drug-likeness (QED) is 0.710. The van der Waals surface area contributed by atoms with E-state index in [0.29, 0.717) is 12.5 Å². The first-order valence-corrected chi connectivity index (χ1v) is 8.54. The molecule has 2 atom stereocenters. The third-order valence-corrected chi connectivity index (χ3v) is 4.30. The normalized spacial score (nSPS) is 21.6. The Kier molecular flexibility index (Phi) is 7.67. The average molecular weight is 298 g/mol. The molecule has 0 heterocycles. The molecule has 0 bridgehead atoms. The van der Waals surface area contributed by atoms with Gasteiger partial charge < -0.3 is 15.8 Å². The number of nitrogens with one attached hydrogen (secondary N) is 1. The average Bonchev–Trinajstić information content (AvgIpc) is 2.66. The van der Waals surface area contributed by atoms with Crippen LogP contribution in [0.3, 0.4) is 0 Å². The van der Waals surface area contributed by atoms with E-state index in [1.165, 1.54) is 25.7 Å². The minimum Gasteiger partial charge on any atom is -0.365 e. The molecule has 124 valence electrons. The van der Waals surface area contributed by atoms with Gasteiger partial charge in [0.1, 0.15) is 6.10 Å². The van der Waals surface area contributed by atoms with Gasteiger partial charge in [-0.05, 0) is 39.0 Å². The fourth-order valence-electron chi connectivity index (χ4n) is 3.21. The van der Waals surface area contributed by atoms with Gasteiger partial charge in [-0.3, -0.25) is 4.79 Å². The molecule has 1 amide bonds. The summed E-state index contributed by atoms with van der Waals surface area (Å²) in [7, 11) is 0. The van der Waals surface area contributed by atoms with Crippen LogP contribution in [0.15, 0.2) is 0 Å². The highest BCUT2D eigenvalue weighted by molar-refractivity contribution is 5.81. The van der Waals surface area contributed by atoms with Crippen LogP contribution < -0.4 is 11.1 Å². The number of hydrogen-bond acceptors (Lipinski definition) is 3. The Morgan fingerprint density at radius 2 is 1.81 bits per heavy atom. The third-order valence-electron chi connectivity index (χ3n) is 4.30. The van der Waals surface area contributed by atoms with Crippen LogP contribution in [0.1, 0.15) is 72.6 Å². The summed E-state index contributed by atoms with van der Waals surface area (Å²) in [5.74, 6) is 0.463. The number of rotatable bonds is 7. The lowest BCUT2D eigenvalue weighted by atomic mass is 9.90. The zero-order valence-electron chi connectivity index (χ0n) is 14.3. The van der Waals surface area contributed by atoms with E-state index in [4.69, 9.17) is 10.5 Å². The lowest BCUT2D eigenvalue weighted by Crippen LogP contribution is -2.55. The van der Waals surface area contributed by atoms with Crippen LogP contribution in [0.2, 0.25) is 0 Å². The first kappa shape index (κ1) is 18.4. The molecule has 21 heavy (non-hydrogen) atoms. The molecule has 3 N–H and O–H groups in total. The Morgan fingerprint density at radius 3 is 2.29 bits per heavy atom. The summed E-state index contributed by atoms with van der Waals surface area (Å²) in [6, 6.07) is 0. The van der Waals surface area contributed by atoms with Crippen molar-refractivity contribution in [1.29, 1.82) is 0 Å². The third kappa shape index (κ3) is 6.79. The second kappa shape index (κ2) is 8.74. The van der Waals surface area contributed by atoms with Crippen molar-refractivity contribution in [2.75, 3.05) is 6.54 Å². The van der Waals surface area contributed by atoms with Crippen molar-refractivity contribution in [3.05, 3.63) is 0 Å². The molecule has 1 aliphatic rings. The van der Waals surface area contributed by atoms with Gasteiger partial charge in [-0.2, -0.15) is 0 Å². The molecule has 4 nitrogen and oxygen atoms in total. The summed E-state index contributed by atoms with van der Waals surface area (Å²) in [5, 5.41) is 3.09. The fourth-order valence-corrected chi connectivity index (χ4v) is 3.21. The minimum absolute atomic E-state index is 0.0344. The van der Waals surface area contributed by atoms with E-state index >= 15 is 0 Å². The van der Waals surface area contributed by atoms with Crippen LogP contribution in [0.25, 0.3) is 0 Å². The molecule has 0 saturated heterocycles. The zero-order valence-corrected chi connectivity index (χ0v) is 14.3. The summed E-state index contributed by atoms with van der Waals surface area (Å²) in [6.45, 7) is 8.61. The molecule has 0 aromatic heterocycles. The molecule has 0 aromatic rings. The van der Waals surface area contributed by atoms with Gasteiger partial charge >= 0.3 is 0 Å². The van der Waals surface area contributed by atoms with Crippen molar-refractivity contribution in [3.63, 3.8) is 0 Å². The molecular weight excluding hydrogens is 264 g/mol. The molecular formula is C17H34N2O2. The Labute approximate surface area is 130 Å². The lowest BCUT2D eigenvalue weighted by Gasteiger charge is -2.33. The first-order valence-electron chi connectivity index (χ1n) is 8.54. The highest BCUT2D eigenvalue weighted by Gasteiger charge is 2.29. The molecule has 1 fully saturated rings. The van der Waals surface area contributed by atoms with Crippen molar-refractivity contribution in [3.8, 4) is 0 Å². The van der Waals surface area contributed by atoms with Crippen molar-refractivity contribution in [1.82, 2.24) is 5.32 Å². The van der Waals surface area contributed by atoms with E-state index in [1.54, 1.807) is 0 Å². The predicted octanol–water partition coefficient (Wildman–Crippen LogP) is 2.99. The van der Waals surface area contributed by atoms with Crippen LogP contribution in [-0.4, -0.2) is 30.2 Å². The van der Waals surface area contributed by atoms with E-state index in [9.17, 15) is 4.79 Å². The SMILES string of the molecule is CC(C)CC(C)(CN)NC(=O)C(C)OC1CCCCCC1. The van der Waals surface area contributed by atoms with Crippen LogP contribution in [0.5, 0.6) is 0 Å². The van der Waals surface area contributed by atoms with Crippen LogP contribution >= 0.6 is 0 Å². The second-order valence-electron chi connectivity index (χ2n) is 7.24. The van der Waals surface area contributed by atoms with Crippen LogP contribution in [0, 0.1) is 5.92 Å². The monoisotopic (exact) mass is 298 g/mol. The summed E-state index contributed by atoms with van der Waals surface area (Å²) < 4.78 is 5.98. The second-order valence-corrected chi connectivity index (χ2v) is 7.24. The van der Waals surface area contributed by atoms with Gasteiger partial charge in [-0.25, -0.2) is 0 Å². The number of amides is 1. The topological polar surface area (TPSA) is 64.3 Å². The van der Waals surface area contributed by atoms with Crippen molar-refractivity contribution in [2.45, 2.75) is 90.4 Å². The van der Waals surface area contributed by atoms with E-state index in [1.807, 2.05) is 13.8 Å². The maximum atomic E-state index is 12.4. The maximum absolute atomic E-state index is 12.4. The minimum atomic E-state index is -0.397. The summed E-state index contributed by atoms with van der Waals surface area (Å²) in [6.07, 6.45) is 7.90. The van der Waals surface area contributed by atoms with Crippen molar-refractivity contribution < 1.29 is 9.53 Å². The number of carbonyl (C=O) groups excluding carboxylic acids is 1. The van der Waals surface area contributed by atoms with Gasteiger partial charge in [-0.1, -0.05) is 39.5 Å². The number of ether oxygens (including phenoxy) is 1. The lowest BCUT2D eigenvalue weighted by molar-refractivity contribution is -0.137. The molecule has 0 aliphatic heterocycles. The van der Waals surface area contributed by atoms with Gasteiger partial charge in [-0.15, -0.1) is 0 Å². The van der Waals surface area contributed by atoms with Gasteiger partial charge in [0.15, 0.2) is 0 Å². The van der Waals surface area contributed by atoms with Gasteiger partial charge in [0.2, 0.25) is 5.91 Å². The number of carbonyl (C=O) groups is 1. The molecule has 1 aliphatic carbocycles. The number of hydrogen-bond donors (Lipinski definition) is 2. The summed E-state index contributed by atoms with van der Waals surface area (Å²) >= 11 is 0. The zero-order chi connectivity index (χ0) is 15.9. The van der Waals surface area contributed by atoms with Crippen molar-refractivity contribution >= 4 is 5.91 Å². The molecule has 4 heteroatoms. The van der Waals surface area contributed by atoms with Crippen molar-refractivity contribution in [2.24, 2.45) is 11.7 Å². The Hall–Kier alpha value is -0.610. The largest absolute Gasteiger partial charge is 0.365 e.